The van der Waals surface area contributed by atoms with E-state index in [9.17, 15) is 4.79 Å². The fourth-order valence-corrected chi connectivity index (χ4v) is 1.54. The third kappa shape index (κ3) is 3.71. The highest BCUT2D eigenvalue weighted by atomic mass is 79.9. The van der Waals surface area contributed by atoms with Gasteiger partial charge in [0.05, 0.1) is 11.7 Å². The summed E-state index contributed by atoms with van der Waals surface area (Å²) in [4.78, 5) is 14.7. The first kappa shape index (κ1) is 11.7. The summed E-state index contributed by atoms with van der Waals surface area (Å²) in [7, 11) is 0. The van der Waals surface area contributed by atoms with E-state index < -0.39 is 6.09 Å². The summed E-state index contributed by atoms with van der Waals surface area (Å²) in [6.45, 7) is 3.58. The van der Waals surface area contributed by atoms with Gasteiger partial charge in [0, 0.05) is 0 Å². The molecule has 0 unspecified atom stereocenters. The molecule has 1 rings (SSSR count). The van der Waals surface area contributed by atoms with Gasteiger partial charge >= 0.3 is 6.09 Å². The first-order chi connectivity index (χ1) is 7.13. The molecule has 1 aromatic heterocycles. The number of carbonyl (C=O) groups is 1. The number of rotatable bonds is 4. The van der Waals surface area contributed by atoms with Gasteiger partial charge in [0.15, 0.2) is 0 Å². The number of hydrogen-bond donors (Lipinski definition) is 2. The third-order valence-corrected chi connectivity index (χ3v) is 2.24. The molecule has 1 aromatic rings. The van der Waals surface area contributed by atoms with Crippen LogP contribution in [0.4, 0.5) is 4.79 Å². The van der Waals surface area contributed by atoms with Gasteiger partial charge in [-0.1, -0.05) is 12.1 Å². The molecular formula is C10H11BrN2O2. The maximum atomic E-state index is 10.6. The van der Waals surface area contributed by atoms with E-state index >= 15 is 0 Å². The normalized spacial score (nSPS) is 11.8. The largest absolute Gasteiger partial charge is 0.465 e. The summed E-state index contributed by atoms with van der Waals surface area (Å²) in [5.74, 6) is 0. The van der Waals surface area contributed by atoms with E-state index in [1.54, 1.807) is 18.2 Å². The van der Waals surface area contributed by atoms with Crippen molar-refractivity contribution in [2.24, 2.45) is 0 Å². The molecule has 1 atom stereocenters. The molecule has 0 aromatic carbocycles. The van der Waals surface area contributed by atoms with Crippen molar-refractivity contribution in [2.75, 3.05) is 0 Å². The van der Waals surface area contributed by atoms with Crippen LogP contribution in [0.3, 0.4) is 0 Å². The van der Waals surface area contributed by atoms with Crippen LogP contribution in [-0.2, 0) is 0 Å². The molecule has 0 radical (unpaired) electrons. The van der Waals surface area contributed by atoms with E-state index in [0.717, 1.165) is 0 Å². The minimum Gasteiger partial charge on any atom is -0.465 e. The second-order valence-electron chi connectivity index (χ2n) is 2.91. The van der Waals surface area contributed by atoms with Gasteiger partial charge in [-0.15, -0.1) is 6.58 Å². The summed E-state index contributed by atoms with van der Waals surface area (Å²) in [5.41, 5.74) is 0.673. The lowest BCUT2D eigenvalue weighted by Crippen LogP contribution is -2.27. The average Bonchev–Trinajstić information content (AvgIpc) is 2.16. The van der Waals surface area contributed by atoms with Crippen molar-refractivity contribution in [1.29, 1.82) is 0 Å². The molecule has 1 amide bonds. The molecule has 5 heteroatoms. The Kier molecular flexibility index (Phi) is 4.30. The van der Waals surface area contributed by atoms with Crippen LogP contribution in [0.25, 0.3) is 0 Å². The number of pyridine rings is 1. The van der Waals surface area contributed by atoms with Gasteiger partial charge in [-0.3, -0.25) is 0 Å². The van der Waals surface area contributed by atoms with Gasteiger partial charge in [-0.05, 0) is 34.5 Å². The maximum Gasteiger partial charge on any atom is 0.405 e. The zero-order valence-corrected chi connectivity index (χ0v) is 9.57. The fourth-order valence-electron chi connectivity index (χ4n) is 1.19. The Balaban J connectivity index is 2.87. The van der Waals surface area contributed by atoms with Crippen molar-refractivity contribution < 1.29 is 9.90 Å². The summed E-state index contributed by atoms with van der Waals surface area (Å²) in [5, 5.41) is 11.0. The second-order valence-corrected chi connectivity index (χ2v) is 3.72. The maximum absolute atomic E-state index is 10.6. The number of carboxylic acid groups (broad SMARTS) is 1. The molecule has 0 bridgehead atoms. The summed E-state index contributed by atoms with van der Waals surface area (Å²) in [6.07, 6.45) is 1.10. The standard InChI is InChI=1S/C10H11BrN2O2/c1-2-4-7(13-10(14)15)8-5-3-6-9(11)12-8/h2-3,5-7,13H,1,4H2,(H,14,15)/t7-/m0/s1. The van der Waals surface area contributed by atoms with Crippen LogP contribution in [0.5, 0.6) is 0 Å². The Morgan fingerprint density at radius 2 is 2.47 bits per heavy atom. The Labute approximate surface area is 96.2 Å². The van der Waals surface area contributed by atoms with Crippen molar-refractivity contribution in [3.05, 3.63) is 41.2 Å². The zero-order chi connectivity index (χ0) is 11.3. The van der Waals surface area contributed by atoms with Crippen molar-refractivity contribution in [2.45, 2.75) is 12.5 Å². The SMILES string of the molecule is C=CC[C@H](NC(=O)O)c1cccc(Br)n1. The van der Waals surface area contributed by atoms with Gasteiger partial charge in [0.1, 0.15) is 4.60 Å². The Bertz CT molecular complexity index is 368. The zero-order valence-electron chi connectivity index (χ0n) is 7.98. The Hall–Kier alpha value is -1.36. The van der Waals surface area contributed by atoms with E-state index in [1.165, 1.54) is 0 Å². The number of nitrogens with one attached hydrogen (secondary N) is 1. The molecule has 0 saturated carbocycles. The highest BCUT2D eigenvalue weighted by molar-refractivity contribution is 9.10. The molecule has 15 heavy (non-hydrogen) atoms. The fraction of sp³-hybridized carbons (Fsp3) is 0.200. The van der Waals surface area contributed by atoms with Crippen LogP contribution in [0.1, 0.15) is 18.2 Å². The van der Waals surface area contributed by atoms with E-state index in [1.807, 2.05) is 6.07 Å². The molecule has 0 fully saturated rings. The van der Waals surface area contributed by atoms with Crippen LogP contribution in [0.15, 0.2) is 35.5 Å². The lowest BCUT2D eigenvalue weighted by molar-refractivity contribution is 0.189. The molecule has 0 spiro atoms. The monoisotopic (exact) mass is 270 g/mol. The van der Waals surface area contributed by atoms with Crippen LogP contribution in [0.2, 0.25) is 0 Å². The Morgan fingerprint density at radius 3 is 3.00 bits per heavy atom. The van der Waals surface area contributed by atoms with Gasteiger partial charge in [-0.2, -0.15) is 0 Å². The molecule has 0 aliphatic rings. The lowest BCUT2D eigenvalue weighted by atomic mass is 10.1. The predicted octanol–water partition coefficient (Wildman–Crippen LogP) is 2.73. The quantitative estimate of drug-likeness (QED) is 0.653. The number of nitrogens with zero attached hydrogens (tertiary/aromatic N) is 1. The average molecular weight is 271 g/mol. The van der Waals surface area contributed by atoms with Gasteiger partial charge < -0.3 is 10.4 Å². The molecule has 0 aliphatic carbocycles. The minimum absolute atomic E-state index is 0.350. The Morgan fingerprint density at radius 1 is 1.73 bits per heavy atom. The van der Waals surface area contributed by atoms with Crippen LogP contribution >= 0.6 is 15.9 Å². The smallest absolute Gasteiger partial charge is 0.405 e. The van der Waals surface area contributed by atoms with Crippen LogP contribution in [0, 0.1) is 0 Å². The molecule has 80 valence electrons. The first-order valence-electron chi connectivity index (χ1n) is 4.36. The molecule has 4 nitrogen and oxygen atoms in total. The minimum atomic E-state index is -1.07. The third-order valence-electron chi connectivity index (χ3n) is 1.79. The first-order valence-corrected chi connectivity index (χ1v) is 5.15. The van der Waals surface area contributed by atoms with Crippen molar-refractivity contribution in [1.82, 2.24) is 10.3 Å². The van der Waals surface area contributed by atoms with E-state index in [0.29, 0.717) is 16.7 Å². The molecule has 0 aliphatic heterocycles. The van der Waals surface area contributed by atoms with Crippen molar-refractivity contribution in [3.63, 3.8) is 0 Å². The highest BCUT2D eigenvalue weighted by Crippen LogP contribution is 2.17. The lowest BCUT2D eigenvalue weighted by Gasteiger charge is -2.14. The summed E-state index contributed by atoms with van der Waals surface area (Å²) in [6, 6.07) is 5.02. The van der Waals surface area contributed by atoms with Crippen molar-refractivity contribution >= 4 is 22.0 Å². The van der Waals surface area contributed by atoms with E-state index in [-0.39, 0.29) is 6.04 Å². The van der Waals surface area contributed by atoms with Gasteiger partial charge in [0.25, 0.3) is 0 Å². The van der Waals surface area contributed by atoms with Crippen molar-refractivity contribution in [3.8, 4) is 0 Å². The number of halogens is 1. The predicted molar refractivity (Wildman–Crippen MR) is 60.7 cm³/mol. The van der Waals surface area contributed by atoms with E-state index in [2.05, 4.69) is 32.8 Å². The molecular weight excluding hydrogens is 260 g/mol. The number of aromatic nitrogens is 1. The van der Waals surface area contributed by atoms with Gasteiger partial charge in [-0.25, -0.2) is 9.78 Å². The number of amides is 1. The summed E-state index contributed by atoms with van der Waals surface area (Å²) >= 11 is 3.24. The highest BCUT2D eigenvalue weighted by Gasteiger charge is 2.13. The summed E-state index contributed by atoms with van der Waals surface area (Å²) < 4.78 is 0.682. The van der Waals surface area contributed by atoms with Crippen LogP contribution in [-0.4, -0.2) is 16.2 Å². The molecule has 2 N–H and O–H groups in total. The topological polar surface area (TPSA) is 62.2 Å². The molecule has 1 heterocycles. The second kappa shape index (κ2) is 5.50. The number of hydrogen-bond acceptors (Lipinski definition) is 2. The molecule has 0 saturated heterocycles. The van der Waals surface area contributed by atoms with Crippen LogP contribution < -0.4 is 5.32 Å². The van der Waals surface area contributed by atoms with Gasteiger partial charge in [0.2, 0.25) is 0 Å². The van der Waals surface area contributed by atoms with E-state index in [4.69, 9.17) is 5.11 Å².